The Morgan fingerprint density at radius 1 is 1.22 bits per heavy atom. The minimum absolute atomic E-state index is 0.0418. The Hall–Kier alpha value is -2.70. The molecule has 1 amide bonds. The summed E-state index contributed by atoms with van der Waals surface area (Å²) in [6, 6.07) is 9.77. The molecule has 1 saturated carbocycles. The van der Waals surface area contributed by atoms with Crippen molar-refractivity contribution >= 4 is 11.9 Å². The number of likely N-dealkylation sites (tertiary alicyclic amines) is 1. The van der Waals surface area contributed by atoms with Crippen LogP contribution in [0.5, 0.6) is 0 Å². The number of carbonyl (C=O) groups is 2. The smallest absolute Gasteiger partial charge is 0.307 e. The Labute approximate surface area is 157 Å². The van der Waals surface area contributed by atoms with Crippen LogP contribution in [-0.4, -0.2) is 50.2 Å². The fraction of sp³-hybridized carbons (Fsp3) is 0.500. The Morgan fingerprint density at radius 2 is 1.96 bits per heavy atom. The maximum atomic E-state index is 12.9. The monoisotopic (exact) mass is 368 g/mol. The number of benzene rings is 1. The number of carboxylic acids is 1. The second-order valence-electron chi connectivity index (χ2n) is 8.15. The van der Waals surface area contributed by atoms with E-state index in [-0.39, 0.29) is 11.8 Å². The van der Waals surface area contributed by atoms with Gasteiger partial charge in [0.25, 0.3) is 0 Å². The molecule has 2 aliphatic rings. The quantitative estimate of drug-likeness (QED) is 0.864. The number of hydrogen-bond donors (Lipinski definition) is 2. The summed E-state index contributed by atoms with van der Waals surface area (Å²) in [5.74, 6) is -0.393. The molecule has 2 fully saturated rings. The zero-order chi connectivity index (χ0) is 19.2. The topological polar surface area (TPSA) is 99.2 Å². The lowest BCUT2D eigenvalue weighted by atomic mass is 9.96. The highest BCUT2D eigenvalue weighted by molar-refractivity contribution is 5.91. The van der Waals surface area contributed by atoms with Gasteiger partial charge in [0.15, 0.2) is 5.82 Å². The first-order chi connectivity index (χ1) is 12.9. The summed E-state index contributed by atoms with van der Waals surface area (Å²) in [6.45, 7) is 4.95. The molecule has 0 spiro atoms. The van der Waals surface area contributed by atoms with Gasteiger partial charge in [-0.25, -0.2) is 4.98 Å². The first-order valence-corrected chi connectivity index (χ1v) is 9.39. The van der Waals surface area contributed by atoms with Crippen LogP contribution in [0, 0.1) is 17.3 Å². The van der Waals surface area contributed by atoms with Crippen molar-refractivity contribution in [3.05, 3.63) is 36.2 Å². The molecule has 0 bridgehead atoms. The molecule has 7 nitrogen and oxygen atoms in total. The van der Waals surface area contributed by atoms with Crippen molar-refractivity contribution in [3.63, 3.8) is 0 Å². The second kappa shape index (κ2) is 6.48. The summed E-state index contributed by atoms with van der Waals surface area (Å²) in [4.78, 5) is 30.8. The molecule has 1 unspecified atom stereocenters. The van der Waals surface area contributed by atoms with Gasteiger partial charge in [-0.2, -0.15) is 5.10 Å². The number of piperidine rings is 1. The number of hydrogen-bond acceptors (Lipinski definition) is 4. The number of carbonyl (C=O) groups excluding carboxylic acids is 1. The van der Waals surface area contributed by atoms with E-state index in [1.807, 2.05) is 49.1 Å². The third kappa shape index (κ3) is 3.11. The van der Waals surface area contributed by atoms with Crippen LogP contribution in [0.25, 0.3) is 11.4 Å². The minimum Gasteiger partial charge on any atom is -0.481 e. The summed E-state index contributed by atoms with van der Waals surface area (Å²) in [5, 5.41) is 16.7. The lowest BCUT2D eigenvalue weighted by molar-refractivity contribution is -0.142. The molecule has 0 radical (unpaired) electrons. The summed E-state index contributed by atoms with van der Waals surface area (Å²) in [5.41, 5.74) is 0.482. The van der Waals surface area contributed by atoms with E-state index in [2.05, 4.69) is 15.2 Å². The number of nitrogens with one attached hydrogen (secondary N) is 1. The molecule has 2 aromatic rings. The number of aromatic amines is 1. The maximum absolute atomic E-state index is 12.9. The van der Waals surface area contributed by atoms with E-state index in [1.165, 1.54) is 0 Å². The highest BCUT2D eigenvalue weighted by atomic mass is 16.4. The van der Waals surface area contributed by atoms with E-state index in [0.717, 1.165) is 24.2 Å². The Bertz CT molecular complexity index is 861. The lowest BCUT2D eigenvalue weighted by Gasteiger charge is -2.32. The van der Waals surface area contributed by atoms with Gasteiger partial charge in [-0.05, 0) is 18.3 Å². The van der Waals surface area contributed by atoms with Crippen molar-refractivity contribution in [2.45, 2.75) is 32.6 Å². The molecule has 27 heavy (non-hydrogen) atoms. The predicted octanol–water partition coefficient (Wildman–Crippen LogP) is 2.53. The third-order valence-electron chi connectivity index (χ3n) is 6.01. The summed E-state index contributed by atoms with van der Waals surface area (Å²) in [6.07, 6.45) is 1.81. The van der Waals surface area contributed by atoms with Gasteiger partial charge in [-0.15, -0.1) is 0 Å². The highest BCUT2D eigenvalue weighted by Crippen LogP contribution is 2.59. The van der Waals surface area contributed by atoms with Gasteiger partial charge in [0, 0.05) is 24.6 Å². The van der Waals surface area contributed by atoms with E-state index in [4.69, 9.17) is 0 Å². The first kappa shape index (κ1) is 17.7. The van der Waals surface area contributed by atoms with E-state index in [0.29, 0.717) is 18.9 Å². The number of rotatable bonds is 4. The Balaban J connectivity index is 1.47. The minimum atomic E-state index is -0.880. The fourth-order valence-electron chi connectivity index (χ4n) is 4.33. The standard InChI is InChI=1S/C20H24N4O3/c1-20(2)14(15(20)19(26)27)18(25)24-10-6-9-13(11-24)17-21-16(22-23-17)12-7-4-3-5-8-12/h3-5,7-8,13-15H,6,9-11H2,1-2H3,(H,26,27)(H,21,22,23)/t13?,14-,15+/m1/s1. The summed E-state index contributed by atoms with van der Waals surface area (Å²) < 4.78 is 0. The number of carboxylic acid groups (broad SMARTS) is 1. The van der Waals surface area contributed by atoms with Gasteiger partial charge in [0.1, 0.15) is 5.82 Å². The van der Waals surface area contributed by atoms with E-state index >= 15 is 0 Å². The van der Waals surface area contributed by atoms with Gasteiger partial charge in [0.05, 0.1) is 11.8 Å². The van der Waals surface area contributed by atoms with Crippen molar-refractivity contribution in [2.75, 3.05) is 13.1 Å². The molecular weight excluding hydrogens is 344 g/mol. The highest BCUT2D eigenvalue weighted by Gasteiger charge is 2.66. The number of nitrogens with zero attached hydrogens (tertiary/aromatic N) is 3. The van der Waals surface area contributed by atoms with E-state index in [9.17, 15) is 14.7 Å². The maximum Gasteiger partial charge on any atom is 0.307 e. The van der Waals surface area contributed by atoms with Crippen molar-refractivity contribution in [1.29, 1.82) is 0 Å². The van der Waals surface area contributed by atoms with E-state index in [1.54, 1.807) is 0 Å². The van der Waals surface area contributed by atoms with Crippen molar-refractivity contribution < 1.29 is 14.7 Å². The van der Waals surface area contributed by atoms with Crippen LogP contribution in [0.3, 0.4) is 0 Å². The Kier molecular flexibility index (Phi) is 4.25. The summed E-state index contributed by atoms with van der Waals surface area (Å²) >= 11 is 0. The molecule has 4 rings (SSSR count). The summed E-state index contributed by atoms with van der Waals surface area (Å²) in [7, 11) is 0. The van der Waals surface area contributed by atoms with Crippen LogP contribution in [-0.2, 0) is 9.59 Å². The van der Waals surface area contributed by atoms with Gasteiger partial charge in [-0.3, -0.25) is 14.7 Å². The zero-order valence-corrected chi connectivity index (χ0v) is 15.6. The molecular formula is C20H24N4O3. The van der Waals surface area contributed by atoms with Crippen LogP contribution >= 0.6 is 0 Å². The van der Waals surface area contributed by atoms with Gasteiger partial charge >= 0.3 is 5.97 Å². The van der Waals surface area contributed by atoms with Gasteiger partial charge < -0.3 is 10.0 Å². The normalized spacial score (nSPS) is 26.6. The molecule has 7 heteroatoms. The second-order valence-corrected chi connectivity index (χ2v) is 8.15. The molecule has 2 N–H and O–H groups in total. The average Bonchev–Trinajstić information content (AvgIpc) is 3.02. The van der Waals surface area contributed by atoms with Crippen LogP contribution < -0.4 is 0 Å². The SMILES string of the molecule is CC1(C)[C@H](C(=O)O)[C@@H]1C(=O)N1CCCC(c2nc(-c3ccccc3)n[nH]2)C1. The van der Waals surface area contributed by atoms with Crippen molar-refractivity contribution in [2.24, 2.45) is 17.3 Å². The predicted molar refractivity (Wildman–Crippen MR) is 98.8 cm³/mol. The molecule has 1 aromatic carbocycles. The van der Waals surface area contributed by atoms with Crippen molar-refractivity contribution in [1.82, 2.24) is 20.1 Å². The molecule has 142 valence electrons. The molecule has 1 aliphatic carbocycles. The fourth-order valence-corrected chi connectivity index (χ4v) is 4.33. The number of amides is 1. The molecule has 1 aliphatic heterocycles. The third-order valence-corrected chi connectivity index (χ3v) is 6.01. The van der Waals surface area contributed by atoms with E-state index < -0.39 is 23.2 Å². The zero-order valence-electron chi connectivity index (χ0n) is 15.6. The van der Waals surface area contributed by atoms with Crippen molar-refractivity contribution in [3.8, 4) is 11.4 Å². The largest absolute Gasteiger partial charge is 0.481 e. The molecule has 3 atom stereocenters. The van der Waals surface area contributed by atoms with Crippen LogP contribution in [0.15, 0.2) is 30.3 Å². The lowest BCUT2D eigenvalue weighted by Crippen LogP contribution is -2.41. The Morgan fingerprint density at radius 3 is 2.63 bits per heavy atom. The van der Waals surface area contributed by atoms with Crippen LogP contribution in [0.4, 0.5) is 0 Å². The average molecular weight is 368 g/mol. The number of aliphatic carboxylic acids is 1. The molecule has 1 saturated heterocycles. The first-order valence-electron chi connectivity index (χ1n) is 9.39. The number of aromatic nitrogens is 3. The van der Waals surface area contributed by atoms with Crippen LogP contribution in [0.2, 0.25) is 0 Å². The number of H-pyrrole nitrogens is 1. The van der Waals surface area contributed by atoms with Crippen LogP contribution in [0.1, 0.15) is 38.4 Å². The van der Waals surface area contributed by atoms with Gasteiger partial charge in [0.2, 0.25) is 5.91 Å². The molecule has 1 aromatic heterocycles. The van der Waals surface area contributed by atoms with Gasteiger partial charge in [-0.1, -0.05) is 44.2 Å². The molecule has 2 heterocycles.